The van der Waals surface area contributed by atoms with E-state index in [-0.39, 0.29) is 0 Å². The highest BCUT2D eigenvalue weighted by atomic mass is 79.9. The Morgan fingerprint density at radius 2 is 1.89 bits per heavy atom. The number of hydrogen-bond acceptors (Lipinski definition) is 1. The van der Waals surface area contributed by atoms with Gasteiger partial charge in [0.05, 0.1) is 0 Å². The maximum absolute atomic E-state index is 10.5. The molecule has 5 heteroatoms. The van der Waals surface area contributed by atoms with E-state index in [2.05, 4.69) is 31.9 Å². The molecule has 1 aliphatic carbocycles. The van der Waals surface area contributed by atoms with Crippen LogP contribution in [-0.2, 0) is 4.79 Å². The lowest BCUT2D eigenvalue weighted by Gasteiger charge is -2.00. The molecule has 0 saturated heterocycles. The molecule has 1 nitrogen and oxygen atoms in total. The second-order valence-corrected chi connectivity index (χ2v) is 6.72. The van der Waals surface area contributed by atoms with Gasteiger partial charge in [-0.3, -0.25) is 4.79 Å². The lowest BCUT2D eigenvalue weighted by Crippen LogP contribution is -2.15. The monoisotopic (exact) mass is 294 g/mol. The van der Waals surface area contributed by atoms with Crippen LogP contribution < -0.4 is 0 Å². The highest BCUT2D eigenvalue weighted by Gasteiger charge is 2.69. The lowest BCUT2D eigenvalue weighted by atomic mass is 10.5. The molecule has 1 unspecified atom stereocenters. The summed E-state index contributed by atoms with van der Waals surface area (Å²) in [5, 5.41) is -0.516. The molecule has 0 aliphatic heterocycles. The van der Waals surface area contributed by atoms with E-state index in [4.69, 9.17) is 23.2 Å². The molecule has 0 heterocycles. The molecule has 1 aliphatic rings. The van der Waals surface area contributed by atoms with E-state index in [1.165, 1.54) is 0 Å². The molecule has 52 valence electrons. The normalized spacial score (nSPS) is 38.2. The first kappa shape index (κ1) is 8.31. The molecule has 0 amide bonds. The Morgan fingerprint density at radius 1 is 1.56 bits per heavy atom. The van der Waals surface area contributed by atoms with Crippen molar-refractivity contribution >= 4 is 60.3 Å². The van der Waals surface area contributed by atoms with Gasteiger partial charge in [0.15, 0.2) is 0 Å². The number of carbonyl (C=O) groups excluding carboxylic acids is 1. The van der Waals surface area contributed by atoms with Crippen molar-refractivity contribution in [3.8, 4) is 0 Å². The van der Waals surface area contributed by atoms with Gasteiger partial charge < -0.3 is 0 Å². The molecule has 0 spiro atoms. The summed E-state index contributed by atoms with van der Waals surface area (Å²) in [6.07, 6.45) is 0.532. The average molecular weight is 297 g/mol. The van der Waals surface area contributed by atoms with E-state index in [9.17, 15) is 4.79 Å². The topological polar surface area (TPSA) is 17.1 Å². The molecule has 1 rings (SSSR count). The Morgan fingerprint density at radius 3 is 1.89 bits per heavy atom. The molecule has 9 heavy (non-hydrogen) atoms. The fourth-order valence-corrected chi connectivity index (χ4v) is 2.66. The van der Waals surface area contributed by atoms with Gasteiger partial charge in [-0.05, 0) is 11.6 Å². The average Bonchev–Trinajstić information content (AvgIpc) is 2.08. The van der Waals surface area contributed by atoms with E-state index >= 15 is 0 Å². The zero-order chi connectivity index (χ0) is 7.28. The highest BCUT2D eigenvalue weighted by Crippen LogP contribution is 2.64. The van der Waals surface area contributed by atoms with Gasteiger partial charge in [0, 0.05) is 6.42 Å². The predicted molar refractivity (Wildman–Crippen MR) is 44.6 cm³/mol. The van der Waals surface area contributed by atoms with Gasteiger partial charge in [-0.1, -0.05) is 31.9 Å². The van der Waals surface area contributed by atoms with Crippen LogP contribution in [0.3, 0.4) is 0 Å². The number of rotatable bonds is 1. The Kier molecular flexibility index (Phi) is 1.93. The summed E-state index contributed by atoms with van der Waals surface area (Å²) >= 11 is 17.2. The third kappa shape index (κ3) is 1.17. The molecule has 0 aromatic carbocycles. The van der Waals surface area contributed by atoms with Crippen molar-refractivity contribution in [3.05, 3.63) is 0 Å². The lowest BCUT2D eigenvalue weighted by molar-refractivity contribution is -0.111. The number of halogens is 4. The van der Waals surface area contributed by atoms with Crippen molar-refractivity contribution in [2.75, 3.05) is 0 Å². The Hall–Kier alpha value is 1.21. The van der Waals surface area contributed by atoms with Gasteiger partial charge in [-0.15, -0.1) is 11.6 Å². The number of alkyl halides is 3. The molecule has 0 aromatic heterocycles. The fraction of sp³-hybridized carbons (Fsp3) is 0.750. The number of hydrogen-bond donors (Lipinski definition) is 0. The second kappa shape index (κ2) is 2.10. The third-order valence-electron chi connectivity index (χ3n) is 1.23. The van der Waals surface area contributed by atoms with Crippen LogP contribution in [0.25, 0.3) is 0 Å². The molecule has 0 N–H and O–H groups in total. The molecular formula is C4H2Br2Cl2O. The number of carbonyl (C=O) groups is 1. The van der Waals surface area contributed by atoms with Crippen LogP contribution in [0, 0.1) is 0 Å². The van der Waals surface area contributed by atoms with Crippen LogP contribution in [-0.4, -0.2) is 13.4 Å². The largest absolute Gasteiger partial charge is 0.279 e. The van der Waals surface area contributed by atoms with E-state index in [1.54, 1.807) is 0 Å². The summed E-state index contributed by atoms with van der Waals surface area (Å²) in [5.41, 5.74) is 0. The van der Waals surface area contributed by atoms with Crippen LogP contribution in [0.1, 0.15) is 6.42 Å². The van der Waals surface area contributed by atoms with Crippen molar-refractivity contribution in [1.82, 2.24) is 0 Å². The first-order chi connectivity index (χ1) is 3.90. The summed E-state index contributed by atoms with van der Waals surface area (Å²) in [4.78, 5) is 9.59. The zero-order valence-corrected chi connectivity index (χ0v) is 8.81. The summed E-state index contributed by atoms with van der Waals surface area (Å²) in [6.45, 7) is 0. The van der Waals surface area contributed by atoms with Gasteiger partial charge in [-0.2, -0.15) is 0 Å². The SMILES string of the molecule is O=C(Cl)C1(Cl)CC1(Br)Br. The summed E-state index contributed by atoms with van der Waals surface area (Å²) in [7, 11) is 0. The first-order valence-electron chi connectivity index (χ1n) is 2.17. The molecule has 0 bridgehead atoms. The van der Waals surface area contributed by atoms with E-state index in [1.807, 2.05) is 0 Å². The van der Waals surface area contributed by atoms with Crippen LogP contribution >= 0.6 is 55.1 Å². The predicted octanol–water partition coefficient (Wildman–Crippen LogP) is 2.62. The minimum atomic E-state index is -0.922. The fourth-order valence-electron chi connectivity index (χ4n) is 0.475. The summed E-state index contributed by atoms with van der Waals surface area (Å²) in [5.74, 6) is 0. The van der Waals surface area contributed by atoms with Crippen LogP contribution in [0.15, 0.2) is 0 Å². The Labute approximate surface area is 79.3 Å². The van der Waals surface area contributed by atoms with Gasteiger partial charge >= 0.3 is 0 Å². The molecule has 1 saturated carbocycles. The standard InChI is InChI=1S/C4H2Br2Cl2O/c5-4(6)1-3(4,8)2(7)9/h1H2. The van der Waals surface area contributed by atoms with Crippen molar-refractivity contribution in [2.45, 2.75) is 14.5 Å². The summed E-state index contributed by atoms with van der Waals surface area (Å²) < 4.78 is -0.465. The van der Waals surface area contributed by atoms with Crippen molar-refractivity contribution < 1.29 is 4.79 Å². The minimum Gasteiger partial charge on any atom is -0.279 e. The van der Waals surface area contributed by atoms with Crippen molar-refractivity contribution in [2.24, 2.45) is 0 Å². The Bertz CT molecular complexity index is 170. The summed E-state index contributed by atoms with van der Waals surface area (Å²) in [6, 6.07) is 0. The molecular weight excluding hydrogens is 295 g/mol. The van der Waals surface area contributed by atoms with Gasteiger partial charge in [0.1, 0.15) is 8.11 Å². The van der Waals surface area contributed by atoms with E-state index in [0.717, 1.165) is 0 Å². The smallest absolute Gasteiger partial charge is 0.245 e. The maximum Gasteiger partial charge on any atom is 0.245 e. The first-order valence-corrected chi connectivity index (χ1v) is 4.51. The Balaban J connectivity index is 2.74. The highest BCUT2D eigenvalue weighted by molar-refractivity contribution is 9.25. The molecule has 1 fully saturated rings. The van der Waals surface area contributed by atoms with Crippen molar-refractivity contribution in [1.29, 1.82) is 0 Å². The minimum absolute atomic E-state index is 0.465. The maximum atomic E-state index is 10.5. The molecule has 0 aromatic rings. The van der Waals surface area contributed by atoms with Gasteiger partial charge in [0.2, 0.25) is 5.24 Å². The molecule has 1 atom stereocenters. The quantitative estimate of drug-likeness (QED) is 0.537. The zero-order valence-electron chi connectivity index (χ0n) is 4.13. The van der Waals surface area contributed by atoms with Gasteiger partial charge in [0.25, 0.3) is 0 Å². The van der Waals surface area contributed by atoms with Crippen LogP contribution in [0.5, 0.6) is 0 Å². The van der Waals surface area contributed by atoms with E-state index in [0.29, 0.717) is 6.42 Å². The van der Waals surface area contributed by atoms with Crippen molar-refractivity contribution in [3.63, 3.8) is 0 Å². The van der Waals surface area contributed by atoms with Gasteiger partial charge in [-0.25, -0.2) is 0 Å². The third-order valence-corrected chi connectivity index (χ3v) is 4.65. The van der Waals surface area contributed by atoms with Crippen LogP contribution in [0.4, 0.5) is 0 Å². The van der Waals surface area contributed by atoms with E-state index < -0.39 is 13.4 Å². The van der Waals surface area contributed by atoms with Crippen LogP contribution in [0.2, 0.25) is 0 Å². The molecule has 0 radical (unpaired) electrons. The second-order valence-electron chi connectivity index (χ2n) is 1.96.